The van der Waals surface area contributed by atoms with E-state index in [-0.39, 0.29) is 0 Å². The second-order valence-electron chi connectivity index (χ2n) is 6.11. The Morgan fingerprint density at radius 2 is 1.52 bits per heavy atom. The van der Waals surface area contributed by atoms with Crippen LogP contribution in [0.15, 0.2) is 67.0 Å². The lowest BCUT2D eigenvalue weighted by Crippen LogP contribution is -2.26. The van der Waals surface area contributed by atoms with Crippen molar-refractivity contribution in [3.05, 3.63) is 83.9 Å². The smallest absolute Gasteiger partial charge is 0.0997 e. The predicted molar refractivity (Wildman–Crippen MR) is 92.7 cm³/mol. The Bertz CT molecular complexity index is 762. The average molecular weight is 303 g/mol. The summed E-state index contributed by atoms with van der Waals surface area (Å²) in [4.78, 5) is 7.20. The summed E-state index contributed by atoms with van der Waals surface area (Å²) in [5.41, 5.74) is 5.21. The van der Waals surface area contributed by atoms with Crippen LogP contribution in [0.4, 0.5) is 0 Å². The lowest BCUT2D eigenvalue weighted by atomic mass is 10.2. The maximum Gasteiger partial charge on any atom is 0.0997 e. The van der Waals surface area contributed by atoms with Crippen molar-refractivity contribution in [2.75, 3.05) is 13.1 Å². The number of rotatable bonds is 3. The molecule has 4 rings (SSSR count). The minimum Gasteiger partial charge on any atom is -0.303 e. The maximum absolute atomic E-state index is 4.67. The SMILES string of the molecule is c1ccc(CN2CCc3ncn(-c4ccccc4)c3CC2)cc1. The van der Waals surface area contributed by atoms with Gasteiger partial charge in [0.1, 0.15) is 0 Å². The van der Waals surface area contributed by atoms with Crippen LogP contribution in [0.5, 0.6) is 0 Å². The molecular formula is C20H21N3. The molecule has 0 bridgehead atoms. The van der Waals surface area contributed by atoms with E-state index in [9.17, 15) is 0 Å². The number of hydrogen-bond acceptors (Lipinski definition) is 2. The van der Waals surface area contributed by atoms with Crippen LogP contribution in [0, 0.1) is 0 Å². The molecule has 0 aliphatic carbocycles. The van der Waals surface area contributed by atoms with E-state index in [2.05, 4.69) is 75.1 Å². The Morgan fingerprint density at radius 1 is 0.826 bits per heavy atom. The van der Waals surface area contributed by atoms with Gasteiger partial charge in [-0.1, -0.05) is 48.5 Å². The zero-order chi connectivity index (χ0) is 15.5. The summed E-state index contributed by atoms with van der Waals surface area (Å²) in [7, 11) is 0. The molecule has 116 valence electrons. The van der Waals surface area contributed by atoms with Crippen molar-refractivity contribution in [2.45, 2.75) is 19.4 Å². The predicted octanol–water partition coefficient (Wildman–Crippen LogP) is 3.47. The van der Waals surface area contributed by atoms with Crippen LogP contribution in [-0.4, -0.2) is 27.5 Å². The quantitative estimate of drug-likeness (QED) is 0.739. The normalized spacial score (nSPS) is 15.1. The highest BCUT2D eigenvalue weighted by Crippen LogP contribution is 2.20. The largest absolute Gasteiger partial charge is 0.303 e. The van der Waals surface area contributed by atoms with E-state index in [1.54, 1.807) is 0 Å². The van der Waals surface area contributed by atoms with E-state index in [4.69, 9.17) is 0 Å². The van der Waals surface area contributed by atoms with Gasteiger partial charge in [-0.25, -0.2) is 4.98 Å². The van der Waals surface area contributed by atoms with Crippen LogP contribution >= 0.6 is 0 Å². The monoisotopic (exact) mass is 303 g/mol. The fourth-order valence-electron chi connectivity index (χ4n) is 3.33. The van der Waals surface area contributed by atoms with E-state index < -0.39 is 0 Å². The van der Waals surface area contributed by atoms with Gasteiger partial charge in [0.2, 0.25) is 0 Å². The summed E-state index contributed by atoms with van der Waals surface area (Å²) >= 11 is 0. The van der Waals surface area contributed by atoms with Crippen LogP contribution in [0.3, 0.4) is 0 Å². The van der Waals surface area contributed by atoms with E-state index >= 15 is 0 Å². The highest BCUT2D eigenvalue weighted by molar-refractivity contribution is 5.35. The van der Waals surface area contributed by atoms with Gasteiger partial charge >= 0.3 is 0 Å². The van der Waals surface area contributed by atoms with Crippen molar-refractivity contribution >= 4 is 0 Å². The molecule has 1 aromatic heterocycles. The molecule has 1 aliphatic rings. The van der Waals surface area contributed by atoms with Gasteiger partial charge in [0.15, 0.2) is 0 Å². The van der Waals surface area contributed by atoms with Crippen molar-refractivity contribution in [1.29, 1.82) is 0 Å². The minimum absolute atomic E-state index is 1.02. The van der Waals surface area contributed by atoms with Crippen molar-refractivity contribution in [3.63, 3.8) is 0 Å². The Kier molecular flexibility index (Phi) is 3.95. The van der Waals surface area contributed by atoms with Crippen molar-refractivity contribution in [3.8, 4) is 5.69 Å². The third-order valence-corrected chi connectivity index (χ3v) is 4.57. The van der Waals surface area contributed by atoms with Crippen LogP contribution in [-0.2, 0) is 19.4 Å². The fourth-order valence-corrected chi connectivity index (χ4v) is 3.33. The maximum atomic E-state index is 4.67. The summed E-state index contributed by atoms with van der Waals surface area (Å²) in [5.74, 6) is 0. The van der Waals surface area contributed by atoms with E-state index in [1.165, 1.54) is 22.6 Å². The Balaban J connectivity index is 1.52. The highest BCUT2D eigenvalue weighted by atomic mass is 15.1. The fraction of sp³-hybridized carbons (Fsp3) is 0.250. The molecule has 0 unspecified atom stereocenters. The molecule has 0 N–H and O–H groups in total. The minimum atomic E-state index is 1.02. The Labute approximate surface area is 137 Å². The molecule has 2 heterocycles. The first-order valence-corrected chi connectivity index (χ1v) is 8.27. The second-order valence-corrected chi connectivity index (χ2v) is 6.11. The first kappa shape index (κ1) is 14.2. The molecule has 0 spiro atoms. The first-order chi connectivity index (χ1) is 11.4. The molecular weight excluding hydrogens is 282 g/mol. The number of hydrogen-bond donors (Lipinski definition) is 0. The summed E-state index contributed by atoms with van der Waals surface area (Å²) in [6.45, 7) is 3.19. The molecule has 3 heteroatoms. The number of nitrogens with zero attached hydrogens (tertiary/aromatic N) is 3. The van der Waals surface area contributed by atoms with Crippen molar-refractivity contribution in [2.24, 2.45) is 0 Å². The first-order valence-electron chi connectivity index (χ1n) is 8.27. The Hall–Kier alpha value is -2.39. The number of aromatic nitrogens is 2. The topological polar surface area (TPSA) is 21.1 Å². The van der Waals surface area contributed by atoms with Gasteiger partial charge in [-0.2, -0.15) is 0 Å². The molecule has 0 fully saturated rings. The highest BCUT2D eigenvalue weighted by Gasteiger charge is 2.19. The second kappa shape index (κ2) is 6.39. The van der Waals surface area contributed by atoms with Crippen LogP contribution in [0.1, 0.15) is 17.0 Å². The zero-order valence-electron chi connectivity index (χ0n) is 13.2. The number of fused-ring (bicyclic) bond motifs is 1. The van der Waals surface area contributed by atoms with Gasteiger partial charge < -0.3 is 4.57 Å². The summed E-state index contributed by atoms with van der Waals surface area (Å²) in [6, 6.07) is 21.2. The standard InChI is InChI=1S/C20H21N3/c1-3-7-17(8-4-1)15-22-13-11-19-20(12-14-22)23(16-21-19)18-9-5-2-6-10-18/h1-10,16H,11-15H2. The zero-order valence-corrected chi connectivity index (χ0v) is 13.2. The molecule has 0 radical (unpaired) electrons. The third kappa shape index (κ3) is 3.06. The molecule has 2 aromatic carbocycles. The average Bonchev–Trinajstić information content (AvgIpc) is 2.92. The van der Waals surface area contributed by atoms with Gasteiger partial charge in [0.25, 0.3) is 0 Å². The molecule has 0 saturated carbocycles. The van der Waals surface area contributed by atoms with E-state index in [0.29, 0.717) is 0 Å². The molecule has 1 aliphatic heterocycles. The number of para-hydroxylation sites is 1. The molecule has 0 saturated heterocycles. The lowest BCUT2D eigenvalue weighted by molar-refractivity contribution is 0.278. The van der Waals surface area contributed by atoms with Gasteiger partial charge in [-0.3, -0.25) is 4.90 Å². The molecule has 0 atom stereocenters. The molecule has 0 amide bonds. The summed E-state index contributed by atoms with van der Waals surface area (Å²) in [5, 5.41) is 0. The van der Waals surface area contributed by atoms with Gasteiger partial charge in [0.05, 0.1) is 12.0 Å². The summed E-state index contributed by atoms with van der Waals surface area (Å²) in [6.07, 6.45) is 4.06. The molecule has 23 heavy (non-hydrogen) atoms. The lowest BCUT2D eigenvalue weighted by Gasteiger charge is -2.19. The van der Waals surface area contributed by atoms with Crippen molar-refractivity contribution in [1.82, 2.24) is 14.5 Å². The number of imidazole rings is 1. The van der Waals surface area contributed by atoms with Gasteiger partial charge in [-0.15, -0.1) is 0 Å². The van der Waals surface area contributed by atoms with Crippen molar-refractivity contribution < 1.29 is 0 Å². The third-order valence-electron chi connectivity index (χ3n) is 4.57. The van der Waals surface area contributed by atoms with Gasteiger partial charge in [-0.05, 0) is 17.7 Å². The van der Waals surface area contributed by atoms with Crippen LogP contribution in [0.2, 0.25) is 0 Å². The van der Waals surface area contributed by atoms with Crippen LogP contribution < -0.4 is 0 Å². The molecule has 3 nitrogen and oxygen atoms in total. The number of benzene rings is 2. The van der Waals surface area contributed by atoms with E-state index in [1.807, 2.05) is 6.33 Å². The van der Waals surface area contributed by atoms with Crippen LogP contribution in [0.25, 0.3) is 5.69 Å². The molecule has 3 aromatic rings. The van der Waals surface area contributed by atoms with Gasteiger partial charge in [0, 0.05) is 43.9 Å². The van der Waals surface area contributed by atoms with E-state index in [0.717, 1.165) is 32.5 Å². The Morgan fingerprint density at radius 3 is 2.30 bits per heavy atom. The summed E-state index contributed by atoms with van der Waals surface area (Å²) < 4.78 is 2.25.